The number of hydrogen-bond acceptors (Lipinski definition) is 3. The van der Waals surface area contributed by atoms with Gasteiger partial charge in [-0.2, -0.15) is 0 Å². The Morgan fingerprint density at radius 3 is 0.614 bits per heavy atom. The minimum Gasteiger partial charge on any atom is -0.508 e. The maximum absolute atomic E-state index is 10.9. The molecule has 0 atom stereocenters. The van der Waals surface area contributed by atoms with Crippen molar-refractivity contribution in [2.75, 3.05) is 0 Å². The second-order valence-corrected chi connectivity index (χ2v) is 23.4. The Morgan fingerprint density at radius 2 is 0.439 bits per heavy atom. The molecule has 0 saturated heterocycles. The SMILES string of the molecule is Cc1c(C)c(C(c2ccc(O)cc2)(C(C)(C)C)C(C)(C)C)c(C(c2ccc(O)cc2)(C(C)(C)C)C(C)(C)C)c(C(c2ccc(O)cc2)(C(C)(C)C)C(C)(C)C)c1C. The van der Waals surface area contributed by atoms with Gasteiger partial charge in [-0.1, -0.05) is 161 Å². The zero-order valence-electron chi connectivity index (χ0n) is 39.8. The van der Waals surface area contributed by atoms with Crippen molar-refractivity contribution in [3.63, 3.8) is 0 Å². The lowest BCUT2D eigenvalue weighted by Gasteiger charge is -2.64. The summed E-state index contributed by atoms with van der Waals surface area (Å²) < 4.78 is 0. The highest BCUT2D eigenvalue weighted by Gasteiger charge is 2.64. The summed E-state index contributed by atoms with van der Waals surface area (Å²) in [6.45, 7) is 50.4. The second-order valence-electron chi connectivity index (χ2n) is 23.4. The summed E-state index contributed by atoms with van der Waals surface area (Å²) in [6, 6.07) is 24.2. The van der Waals surface area contributed by atoms with Crippen molar-refractivity contribution >= 4 is 0 Å². The topological polar surface area (TPSA) is 60.7 Å². The third-order valence-electron chi connectivity index (χ3n) is 14.2. The van der Waals surface area contributed by atoms with Crippen LogP contribution in [0.2, 0.25) is 0 Å². The highest BCUT2D eigenvalue weighted by atomic mass is 16.3. The van der Waals surface area contributed by atoms with E-state index < -0.39 is 16.2 Å². The molecule has 0 bridgehead atoms. The van der Waals surface area contributed by atoms with Gasteiger partial charge in [0.1, 0.15) is 17.2 Å². The number of aromatic hydroxyl groups is 3. The zero-order chi connectivity index (χ0) is 43.9. The molecule has 3 nitrogen and oxygen atoms in total. The maximum Gasteiger partial charge on any atom is 0.115 e. The van der Waals surface area contributed by atoms with Gasteiger partial charge < -0.3 is 15.3 Å². The third kappa shape index (κ3) is 6.72. The summed E-state index contributed by atoms with van der Waals surface area (Å²) in [6.07, 6.45) is 0. The van der Waals surface area contributed by atoms with Crippen LogP contribution in [-0.4, -0.2) is 15.3 Å². The van der Waals surface area contributed by atoms with E-state index in [1.807, 2.05) is 36.4 Å². The van der Waals surface area contributed by atoms with Crippen LogP contribution in [0.1, 0.15) is 175 Å². The van der Waals surface area contributed by atoms with E-state index in [4.69, 9.17) is 0 Å². The summed E-state index contributed by atoms with van der Waals surface area (Å²) in [7, 11) is 0. The Morgan fingerprint density at radius 1 is 0.263 bits per heavy atom. The summed E-state index contributed by atoms with van der Waals surface area (Å²) in [5, 5.41) is 32.6. The molecule has 0 heterocycles. The molecule has 0 aliphatic rings. The highest BCUT2D eigenvalue weighted by Crippen LogP contribution is 2.70. The van der Waals surface area contributed by atoms with Crippen molar-refractivity contribution in [2.45, 2.75) is 162 Å². The van der Waals surface area contributed by atoms with E-state index in [1.54, 1.807) is 0 Å². The zero-order valence-corrected chi connectivity index (χ0v) is 39.8. The molecule has 3 heteroatoms. The minimum absolute atomic E-state index is 0.248. The van der Waals surface area contributed by atoms with Crippen LogP contribution in [0.3, 0.4) is 0 Å². The lowest BCUT2D eigenvalue weighted by molar-refractivity contribution is 0.0544. The van der Waals surface area contributed by atoms with Gasteiger partial charge in [0, 0.05) is 16.2 Å². The second kappa shape index (κ2) is 14.2. The summed E-state index contributed by atoms with van der Waals surface area (Å²) >= 11 is 0. The number of hydrogen-bond donors (Lipinski definition) is 3. The van der Waals surface area contributed by atoms with Gasteiger partial charge in [-0.25, -0.2) is 0 Å². The molecular weight excluding hydrogens is 697 g/mol. The molecule has 0 unspecified atom stereocenters. The summed E-state index contributed by atoms with van der Waals surface area (Å²) in [4.78, 5) is 0. The number of phenolic OH excluding ortho intramolecular Hbond substituents is 3. The molecule has 312 valence electrons. The first kappa shape index (κ1) is 46.0. The van der Waals surface area contributed by atoms with Crippen LogP contribution >= 0.6 is 0 Å². The standard InChI is InChI=1S/C54H78O3/c1-34-35(2)43(52(46(4,5)6,47(7,8)9)37-22-28-40(55)29-23-37)45(54(50(16,17)18,51(19,20)21)39-26-32-42(57)33-27-39)44(36(34)3)53(48(10,11)12,49(13,14)15)38-24-30-41(56)31-25-38/h22-33,55-57H,1-21H3. The van der Waals surface area contributed by atoms with Crippen molar-refractivity contribution in [1.29, 1.82) is 0 Å². The largest absolute Gasteiger partial charge is 0.508 e. The Balaban J connectivity index is 2.78. The van der Waals surface area contributed by atoms with Gasteiger partial charge in [0.05, 0.1) is 0 Å². The van der Waals surface area contributed by atoms with Gasteiger partial charge in [0.25, 0.3) is 0 Å². The molecule has 0 aliphatic heterocycles. The number of phenols is 3. The molecule has 0 spiro atoms. The van der Waals surface area contributed by atoms with E-state index in [9.17, 15) is 15.3 Å². The predicted molar refractivity (Wildman–Crippen MR) is 244 cm³/mol. The van der Waals surface area contributed by atoms with Gasteiger partial charge in [-0.15, -0.1) is 0 Å². The first-order chi connectivity index (χ1) is 25.6. The third-order valence-corrected chi connectivity index (χ3v) is 14.2. The maximum atomic E-state index is 10.9. The predicted octanol–water partition coefficient (Wildman–Crippen LogP) is 14.9. The van der Waals surface area contributed by atoms with Gasteiger partial charge in [0.2, 0.25) is 0 Å². The van der Waals surface area contributed by atoms with Gasteiger partial charge in [-0.05, 0) is 140 Å². The van der Waals surface area contributed by atoms with Crippen LogP contribution in [0.5, 0.6) is 17.2 Å². The Bertz CT molecular complexity index is 1900. The molecule has 0 radical (unpaired) electrons. The van der Waals surface area contributed by atoms with E-state index in [0.717, 1.165) is 5.56 Å². The van der Waals surface area contributed by atoms with Crippen molar-refractivity contribution in [3.8, 4) is 17.2 Å². The Hall–Kier alpha value is -3.72. The monoisotopic (exact) mass is 775 g/mol. The van der Waals surface area contributed by atoms with E-state index in [-0.39, 0.29) is 49.7 Å². The molecule has 4 aromatic rings. The van der Waals surface area contributed by atoms with Crippen LogP contribution < -0.4 is 0 Å². The Labute approximate surface area is 348 Å². The molecule has 3 N–H and O–H groups in total. The van der Waals surface area contributed by atoms with Crippen LogP contribution in [0.25, 0.3) is 0 Å². The highest BCUT2D eigenvalue weighted by molar-refractivity contribution is 5.69. The van der Waals surface area contributed by atoms with Crippen LogP contribution in [0, 0.1) is 53.3 Å². The molecule has 4 aromatic carbocycles. The fourth-order valence-electron chi connectivity index (χ4n) is 13.3. The van der Waals surface area contributed by atoms with E-state index in [1.165, 1.54) is 44.5 Å². The van der Waals surface area contributed by atoms with Gasteiger partial charge in [-0.3, -0.25) is 0 Å². The van der Waals surface area contributed by atoms with Gasteiger partial charge in [0.15, 0.2) is 0 Å². The van der Waals surface area contributed by atoms with E-state index in [0.29, 0.717) is 0 Å². The van der Waals surface area contributed by atoms with E-state index >= 15 is 0 Å². The first-order valence-electron chi connectivity index (χ1n) is 21.1. The fourth-order valence-corrected chi connectivity index (χ4v) is 13.3. The average Bonchev–Trinajstić information content (AvgIpc) is 3.02. The molecule has 4 rings (SSSR count). The number of rotatable bonds is 6. The van der Waals surface area contributed by atoms with E-state index in [2.05, 4.69) is 182 Å². The molecular formula is C54H78O3. The molecule has 0 aromatic heterocycles. The fraction of sp³-hybridized carbons (Fsp3) is 0.556. The van der Waals surface area contributed by atoms with Crippen molar-refractivity contribution in [3.05, 3.63) is 123 Å². The van der Waals surface area contributed by atoms with Crippen molar-refractivity contribution in [2.24, 2.45) is 32.5 Å². The summed E-state index contributed by atoms with van der Waals surface area (Å²) in [5.74, 6) is 0.753. The van der Waals surface area contributed by atoms with Crippen molar-refractivity contribution < 1.29 is 15.3 Å². The first-order valence-corrected chi connectivity index (χ1v) is 21.1. The summed E-state index contributed by atoms with van der Waals surface area (Å²) in [5.41, 5.74) is 7.30. The van der Waals surface area contributed by atoms with Crippen LogP contribution in [0.15, 0.2) is 72.8 Å². The quantitative estimate of drug-likeness (QED) is 0.183. The molecule has 0 amide bonds. The normalized spacial score (nSPS) is 14.3. The van der Waals surface area contributed by atoms with Crippen LogP contribution in [-0.2, 0) is 16.2 Å². The average molecular weight is 775 g/mol. The van der Waals surface area contributed by atoms with Crippen LogP contribution in [0.4, 0.5) is 0 Å². The lowest BCUT2D eigenvalue weighted by atomic mass is 9.38. The lowest BCUT2D eigenvalue weighted by Crippen LogP contribution is -2.60. The smallest absolute Gasteiger partial charge is 0.115 e. The molecule has 0 saturated carbocycles. The van der Waals surface area contributed by atoms with Gasteiger partial charge >= 0.3 is 0 Å². The van der Waals surface area contributed by atoms with Crippen molar-refractivity contribution in [1.82, 2.24) is 0 Å². The Kier molecular flexibility index (Phi) is 11.5. The number of benzene rings is 4. The minimum atomic E-state index is -0.668. The molecule has 0 fully saturated rings. The molecule has 57 heavy (non-hydrogen) atoms. The molecule has 0 aliphatic carbocycles.